The molecule has 108 valence electrons. The maximum Gasteiger partial charge on any atom is 0.215 e. The molecule has 1 N–H and O–H groups in total. The highest BCUT2D eigenvalue weighted by Gasteiger charge is 2.13. The summed E-state index contributed by atoms with van der Waals surface area (Å²) in [7, 11) is 1.29. The molecule has 1 aromatic rings. The number of hydrogen-bond acceptors (Lipinski definition) is 6. The zero-order chi connectivity index (χ0) is 14.5. The number of sulfonamides is 1. The van der Waals surface area contributed by atoms with E-state index in [1.165, 1.54) is 31.6 Å². The van der Waals surface area contributed by atoms with E-state index in [9.17, 15) is 8.42 Å². The van der Waals surface area contributed by atoms with Crippen molar-refractivity contribution < 1.29 is 13.2 Å². The summed E-state index contributed by atoms with van der Waals surface area (Å²) in [5.41, 5.74) is 0. The molecule has 0 spiro atoms. The van der Waals surface area contributed by atoms with Crippen LogP contribution >= 0.6 is 11.6 Å². The molecule has 0 amide bonds. The number of aromatic nitrogens is 2. The zero-order valence-electron chi connectivity index (χ0n) is 11.1. The Hall–Kier alpha value is -0.960. The van der Waals surface area contributed by atoms with Crippen molar-refractivity contribution in [3.8, 4) is 0 Å². The van der Waals surface area contributed by atoms with Crippen molar-refractivity contribution in [3.63, 3.8) is 0 Å². The SMILES string of the molecule is COCc1nc(Cl)cc(NCCS(=O)(=O)N(C)C)n1. The van der Waals surface area contributed by atoms with E-state index in [0.29, 0.717) is 11.6 Å². The van der Waals surface area contributed by atoms with Gasteiger partial charge in [-0.15, -0.1) is 0 Å². The number of nitrogens with zero attached hydrogens (tertiary/aromatic N) is 3. The van der Waals surface area contributed by atoms with Gasteiger partial charge in [0, 0.05) is 33.8 Å². The molecule has 1 rings (SSSR count). The van der Waals surface area contributed by atoms with Gasteiger partial charge in [0.25, 0.3) is 0 Å². The second kappa shape index (κ2) is 6.99. The van der Waals surface area contributed by atoms with Crippen LogP contribution in [0.15, 0.2) is 6.07 Å². The minimum atomic E-state index is -3.23. The van der Waals surface area contributed by atoms with Gasteiger partial charge < -0.3 is 10.1 Å². The van der Waals surface area contributed by atoms with E-state index in [0.717, 1.165) is 0 Å². The van der Waals surface area contributed by atoms with E-state index in [-0.39, 0.29) is 24.1 Å². The molecule has 9 heteroatoms. The number of methoxy groups -OCH3 is 1. The molecule has 1 aromatic heterocycles. The average molecular weight is 309 g/mol. The van der Waals surface area contributed by atoms with Crippen LogP contribution in [-0.2, 0) is 21.4 Å². The molecule has 0 aliphatic carbocycles. The lowest BCUT2D eigenvalue weighted by atomic mass is 10.5. The molecule has 0 aliphatic heterocycles. The number of halogens is 1. The molecule has 0 atom stereocenters. The first-order valence-corrected chi connectivity index (χ1v) is 7.50. The molecular formula is C10H17ClN4O3S. The first-order valence-electron chi connectivity index (χ1n) is 5.51. The van der Waals surface area contributed by atoms with Crippen LogP contribution < -0.4 is 5.32 Å². The lowest BCUT2D eigenvalue weighted by Gasteiger charge is -2.12. The molecule has 1 heterocycles. The van der Waals surface area contributed by atoms with Crippen molar-refractivity contribution >= 4 is 27.4 Å². The smallest absolute Gasteiger partial charge is 0.215 e. The van der Waals surface area contributed by atoms with Crippen LogP contribution in [0.5, 0.6) is 0 Å². The normalized spacial score (nSPS) is 11.8. The van der Waals surface area contributed by atoms with Crippen molar-refractivity contribution in [1.82, 2.24) is 14.3 Å². The third-order valence-electron chi connectivity index (χ3n) is 2.24. The Morgan fingerprint density at radius 3 is 2.68 bits per heavy atom. The molecule has 0 aliphatic rings. The number of hydrogen-bond donors (Lipinski definition) is 1. The van der Waals surface area contributed by atoms with Crippen molar-refractivity contribution in [1.29, 1.82) is 0 Å². The van der Waals surface area contributed by atoms with Gasteiger partial charge in [-0.05, 0) is 0 Å². The van der Waals surface area contributed by atoms with Crippen LogP contribution in [0.25, 0.3) is 0 Å². The lowest BCUT2D eigenvalue weighted by molar-refractivity contribution is 0.178. The molecule has 0 saturated carbocycles. The fraction of sp³-hybridized carbons (Fsp3) is 0.600. The maximum atomic E-state index is 11.6. The van der Waals surface area contributed by atoms with E-state index in [1.807, 2.05) is 0 Å². The van der Waals surface area contributed by atoms with Gasteiger partial charge in [0.2, 0.25) is 10.0 Å². The standard InChI is InChI=1S/C10H17ClN4O3S/c1-15(2)19(16,17)5-4-12-9-6-8(11)13-10(14-9)7-18-3/h6H,4-5,7H2,1-3H3,(H,12,13,14). The summed E-state index contributed by atoms with van der Waals surface area (Å²) in [6, 6.07) is 1.53. The zero-order valence-corrected chi connectivity index (χ0v) is 12.6. The Morgan fingerprint density at radius 2 is 2.11 bits per heavy atom. The molecule has 0 fully saturated rings. The van der Waals surface area contributed by atoms with Crippen LogP contribution in [0.1, 0.15) is 5.82 Å². The molecule has 0 bridgehead atoms. The fourth-order valence-electron chi connectivity index (χ4n) is 1.24. The van der Waals surface area contributed by atoms with Crippen LogP contribution in [0.2, 0.25) is 5.15 Å². The largest absolute Gasteiger partial charge is 0.377 e. The van der Waals surface area contributed by atoms with Gasteiger partial charge in [-0.25, -0.2) is 22.7 Å². The molecule has 19 heavy (non-hydrogen) atoms. The Morgan fingerprint density at radius 1 is 1.42 bits per heavy atom. The van der Waals surface area contributed by atoms with Crippen LogP contribution in [0, 0.1) is 0 Å². The van der Waals surface area contributed by atoms with Crippen LogP contribution in [-0.4, -0.2) is 56.2 Å². The van der Waals surface area contributed by atoms with Gasteiger partial charge in [-0.3, -0.25) is 0 Å². The summed E-state index contributed by atoms with van der Waals surface area (Å²) in [4.78, 5) is 8.12. The van der Waals surface area contributed by atoms with Crippen molar-refractivity contribution in [3.05, 3.63) is 17.0 Å². The second-order valence-corrected chi connectivity index (χ2v) is 6.64. The Balaban J connectivity index is 2.63. The molecule has 0 aromatic carbocycles. The van der Waals surface area contributed by atoms with Gasteiger partial charge in [0.15, 0.2) is 5.82 Å². The van der Waals surface area contributed by atoms with Gasteiger partial charge in [0.1, 0.15) is 17.6 Å². The Bertz CT molecular complexity index is 522. The summed E-state index contributed by atoms with van der Waals surface area (Å²) in [6.45, 7) is 0.478. The lowest BCUT2D eigenvalue weighted by Crippen LogP contribution is -2.28. The van der Waals surface area contributed by atoms with Gasteiger partial charge in [-0.1, -0.05) is 11.6 Å². The third kappa shape index (κ3) is 5.27. The van der Waals surface area contributed by atoms with E-state index in [4.69, 9.17) is 16.3 Å². The van der Waals surface area contributed by atoms with Crippen LogP contribution in [0.4, 0.5) is 5.82 Å². The van der Waals surface area contributed by atoms with Crippen molar-refractivity contribution in [2.24, 2.45) is 0 Å². The Labute approximate surface area is 118 Å². The minimum absolute atomic E-state index is 0.0266. The van der Waals surface area contributed by atoms with E-state index >= 15 is 0 Å². The first-order chi connectivity index (χ1) is 8.85. The van der Waals surface area contributed by atoms with Crippen molar-refractivity contribution in [2.75, 3.05) is 38.8 Å². The van der Waals surface area contributed by atoms with Gasteiger partial charge in [-0.2, -0.15) is 0 Å². The third-order valence-corrected chi connectivity index (χ3v) is 4.26. The topological polar surface area (TPSA) is 84.4 Å². The monoisotopic (exact) mass is 308 g/mol. The summed E-state index contributed by atoms with van der Waals surface area (Å²) in [6.07, 6.45) is 0. The van der Waals surface area contributed by atoms with Gasteiger partial charge in [0.05, 0.1) is 5.75 Å². The van der Waals surface area contributed by atoms with E-state index in [1.54, 1.807) is 0 Å². The summed E-state index contributed by atoms with van der Waals surface area (Å²) >= 11 is 5.83. The maximum absolute atomic E-state index is 11.6. The molecule has 0 radical (unpaired) electrons. The van der Waals surface area contributed by atoms with Crippen LogP contribution in [0.3, 0.4) is 0 Å². The summed E-state index contributed by atoms with van der Waals surface area (Å²) < 4.78 is 29.2. The molecular weight excluding hydrogens is 292 g/mol. The van der Waals surface area contributed by atoms with E-state index < -0.39 is 10.0 Å². The second-order valence-electron chi connectivity index (χ2n) is 3.95. The van der Waals surface area contributed by atoms with Crippen molar-refractivity contribution in [2.45, 2.75) is 6.61 Å². The highest BCUT2D eigenvalue weighted by molar-refractivity contribution is 7.89. The highest BCUT2D eigenvalue weighted by Crippen LogP contribution is 2.12. The molecule has 0 unspecified atom stereocenters. The van der Waals surface area contributed by atoms with E-state index in [2.05, 4.69) is 15.3 Å². The predicted octanol–water partition coefficient (Wildman–Crippen LogP) is 0.580. The highest BCUT2D eigenvalue weighted by atomic mass is 35.5. The first kappa shape index (κ1) is 16.1. The van der Waals surface area contributed by atoms with Gasteiger partial charge >= 0.3 is 0 Å². The average Bonchev–Trinajstić information content (AvgIpc) is 2.28. The Kier molecular flexibility index (Phi) is 5.92. The molecule has 7 nitrogen and oxygen atoms in total. The number of ether oxygens (including phenoxy) is 1. The minimum Gasteiger partial charge on any atom is -0.377 e. The molecule has 0 saturated heterocycles. The quantitative estimate of drug-likeness (QED) is 0.742. The summed E-state index contributed by atoms with van der Waals surface area (Å²) in [5.74, 6) is 0.885. The number of anilines is 1. The number of nitrogens with one attached hydrogen (secondary N) is 1. The predicted molar refractivity (Wildman–Crippen MR) is 73.7 cm³/mol. The summed E-state index contributed by atoms with van der Waals surface area (Å²) in [5, 5.41) is 3.18. The fourth-order valence-corrected chi connectivity index (χ4v) is 2.17. The number of rotatable bonds is 7.